The Hall–Kier alpha value is -2.30. The van der Waals surface area contributed by atoms with Gasteiger partial charge in [-0.2, -0.15) is 0 Å². The molecule has 3 aromatic rings. The van der Waals surface area contributed by atoms with Crippen LogP contribution in [0.3, 0.4) is 0 Å². The quantitative estimate of drug-likeness (QED) is 0.758. The van der Waals surface area contributed by atoms with Crippen molar-refractivity contribution in [1.29, 1.82) is 0 Å². The van der Waals surface area contributed by atoms with Crippen molar-refractivity contribution in [1.82, 2.24) is 0 Å². The van der Waals surface area contributed by atoms with Crippen LogP contribution in [-0.4, -0.2) is 5.91 Å². The van der Waals surface area contributed by atoms with Crippen LogP contribution < -0.4 is 10.9 Å². The van der Waals surface area contributed by atoms with Crippen LogP contribution in [0.4, 0.5) is 5.69 Å². The fraction of sp³-hybridized carbons (Fsp3) is 0. The molecule has 1 N–H and O–H groups in total. The molecule has 0 aliphatic heterocycles. The molecule has 0 saturated carbocycles. The Morgan fingerprint density at radius 2 is 1.77 bits per heavy atom. The number of carbonyl (C=O) groups is 1. The SMILES string of the molecule is O=C(Nc1ccc(Cl)c(Cl)c1)c1cc2ccccc2c(=O)o1. The summed E-state index contributed by atoms with van der Waals surface area (Å²) in [7, 11) is 0. The van der Waals surface area contributed by atoms with Gasteiger partial charge in [-0.15, -0.1) is 0 Å². The largest absolute Gasteiger partial charge is 0.417 e. The maximum absolute atomic E-state index is 12.2. The molecule has 1 amide bonds. The van der Waals surface area contributed by atoms with Crippen molar-refractivity contribution >= 4 is 45.6 Å². The molecule has 2 aromatic carbocycles. The Kier molecular flexibility index (Phi) is 3.88. The lowest BCUT2D eigenvalue weighted by molar-refractivity contribution is 0.0993. The zero-order valence-corrected chi connectivity index (χ0v) is 12.6. The third kappa shape index (κ3) is 2.84. The number of benzene rings is 2. The maximum atomic E-state index is 12.2. The Bertz CT molecular complexity index is 934. The van der Waals surface area contributed by atoms with Crippen LogP contribution in [-0.2, 0) is 0 Å². The van der Waals surface area contributed by atoms with E-state index in [0.29, 0.717) is 26.5 Å². The number of carbonyl (C=O) groups excluding carboxylic acids is 1. The second-order valence-corrected chi connectivity index (χ2v) is 5.38. The molecule has 0 fully saturated rings. The molecular formula is C16H9Cl2NO3. The van der Waals surface area contributed by atoms with E-state index in [2.05, 4.69) is 5.32 Å². The van der Waals surface area contributed by atoms with E-state index in [1.54, 1.807) is 36.4 Å². The summed E-state index contributed by atoms with van der Waals surface area (Å²) in [5, 5.41) is 4.37. The van der Waals surface area contributed by atoms with Crippen LogP contribution in [0.15, 0.2) is 57.7 Å². The number of hydrogen-bond donors (Lipinski definition) is 1. The first kappa shape index (κ1) is 14.6. The number of rotatable bonds is 2. The summed E-state index contributed by atoms with van der Waals surface area (Å²) in [4.78, 5) is 24.1. The van der Waals surface area contributed by atoms with E-state index in [1.165, 1.54) is 12.1 Å². The summed E-state index contributed by atoms with van der Waals surface area (Å²) < 4.78 is 5.05. The first-order chi connectivity index (χ1) is 10.5. The first-order valence-electron chi connectivity index (χ1n) is 6.34. The van der Waals surface area contributed by atoms with Crippen molar-refractivity contribution < 1.29 is 9.21 Å². The van der Waals surface area contributed by atoms with Crippen molar-refractivity contribution in [2.24, 2.45) is 0 Å². The normalized spacial score (nSPS) is 10.6. The van der Waals surface area contributed by atoms with Gasteiger partial charge in [0.2, 0.25) is 0 Å². The third-order valence-electron chi connectivity index (χ3n) is 3.07. The fourth-order valence-corrected chi connectivity index (χ4v) is 2.31. The van der Waals surface area contributed by atoms with Crippen LogP contribution in [0.1, 0.15) is 10.6 Å². The molecule has 1 aromatic heterocycles. The highest BCUT2D eigenvalue weighted by molar-refractivity contribution is 6.42. The van der Waals surface area contributed by atoms with Gasteiger partial charge in [-0.1, -0.05) is 41.4 Å². The summed E-state index contributed by atoms with van der Waals surface area (Å²) in [5.74, 6) is -0.615. The summed E-state index contributed by atoms with van der Waals surface area (Å²) in [6, 6.07) is 13.1. The molecule has 6 heteroatoms. The molecular weight excluding hydrogens is 325 g/mol. The van der Waals surface area contributed by atoms with Gasteiger partial charge in [-0.3, -0.25) is 4.79 Å². The molecule has 3 rings (SSSR count). The van der Waals surface area contributed by atoms with Crippen molar-refractivity contribution in [3.63, 3.8) is 0 Å². The number of halogens is 2. The molecule has 0 radical (unpaired) electrons. The minimum Gasteiger partial charge on any atom is -0.417 e. The molecule has 22 heavy (non-hydrogen) atoms. The first-order valence-corrected chi connectivity index (χ1v) is 7.09. The van der Waals surface area contributed by atoms with Gasteiger partial charge in [0.05, 0.1) is 15.4 Å². The van der Waals surface area contributed by atoms with Gasteiger partial charge >= 0.3 is 5.63 Å². The lowest BCUT2D eigenvalue weighted by atomic mass is 10.1. The molecule has 0 atom stereocenters. The van der Waals surface area contributed by atoms with Crippen LogP contribution >= 0.6 is 23.2 Å². The number of amides is 1. The van der Waals surface area contributed by atoms with Crippen LogP contribution in [0.5, 0.6) is 0 Å². The summed E-state index contributed by atoms with van der Waals surface area (Å²) >= 11 is 11.7. The number of hydrogen-bond acceptors (Lipinski definition) is 3. The molecule has 1 heterocycles. The minimum atomic E-state index is -0.558. The highest BCUT2D eigenvalue weighted by atomic mass is 35.5. The Balaban J connectivity index is 1.95. The Morgan fingerprint density at radius 3 is 2.55 bits per heavy atom. The highest BCUT2D eigenvalue weighted by Gasteiger charge is 2.12. The van der Waals surface area contributed by atoms with E-state index < -0.39 is 11.5 Å². The molecule has 4 nitrogen and oxygen atoms in total. The van der Waals surface area contributed by atoms with Crippen molar-refractivity contribution in [2.45, 2.75) is 0 Å². The molecule has 110 valence electrons. The minimum absolute atomic E-state index is 0.0743. The zero-order chi connectivity index (χ0) is 15.7. The van der Waals surface area contributed by atoms with E-state index in [0.717, 1.165) is 0 Å². The average Bonchev–Trinajstić information content (AvgIpc) is 2.51. The van der Waals surface area contributed by atoms with Gasteiger partial charge in [0.25, 0.3) is 5.91 Å². The fourth-order valence-electron chi connectivity index (χ4n) is 2.01. The maximum Gasteiger partial charge on any atom is 0.344 e. The predicted octanol–water partition coefficient (Wildman–Crippen LogP) is 4.35. The van der Waals surface area contributed by atoms with Crippen molar-refractivity contribution in [3.8, 4) is 0 Å². The third-order valence-corrected chi connectivity index (χ3v) is 3.81. The zero-order valence-electron chi connectivity index (χ0n) is 11.1. The Labute approximate surface area is 135 Å². The number of anilines is 1. The van der Waals surface area contributed by atoms with E-state index >= 15 is 0 Å². The van der Waals surface area contributed by atoms with Gasteiger partial charge in [-0.25, -0.2) is 4.79 Å². The van der Waals surface area contributed by atoms with E-state index in [9.17, 15) is 9.59 Å². The second-order valence-electron chi connectivity index (χ2n) is 4.57. The average molecular weight is 334 g/mol. The van der Waals surface area contributed by atoms with Gasteiger partial charge in [-0.05, 0) is 35.7 Å². The van der Waals surface area contributed by atoms with E-state index in [-0.39, 0.29) is 5.76 Å². The van der Waals surface area contributed by atoms with Gasteiger partial charge in [0.1, 0.15) is 0 Å². The molecule has 0 bridgehead atoms. The number of fused-ring (bicyclic) bond motifs is 1. The van der Waals surface area contributed by atoms with Crippen LogP contribution in [0.25, 0.3) is 10.8 Å². The molecule has 0 aliphatic rings. The summed E-state index contributed by atoms with van der Waals surface area (Å²) in [6.07, 6.45) is 0. The van der Waals surface area contributed by atoms with Gasteiger partial charge in [0, 0.05) is 5.69 Å². The van der Waals surface area contributed by atoms with Crippen molar-refractivity contribution in [3.05, 3.63) is 74.8 Å². The topological polar surface area (TPSA) is 59.3 Å². The lowest BCUT2D eigenvalue weighted by Crippen LogP contribution is -2.14. The van der Waals surface area contributed by atoms with E-state index in [4.69, 9.17) is 27.6 Å². The van der Waals surface area contributed by atoms with Crippen LogP contribution in [0, 0.1) is 0 Å². The molecule has 0 aliphatic carbocycles. The predicted molar refractivity (Wildman–Crippen MR) is 86.9 cm³/mol. The highest BCUT2D eigenvalue weighted by Crippen LogP contribution is 2.25. The Morgan fingerprint density at radius 1 is 1.00 bits per heavy atom. The smallest absolute Gasteiger partial charge is 0.344 e. The molecule has 0 saturated heterocycles. The molecule has 0 spiro atoms. The molecule has 0 unspecified atom stereocenters. The monoisotopic (exact) mass is 333 g/mol. The number of nitrogens with one attached hydrogen (secondary N) is 1. The second kappa shape index (κ2) is 5.83. The van der Waals surface area contributed by atoms with Gasteiger partial charge < -0.3 is 9.73 Å². The van der Waals surface area contributed by atoms with E-state index in [1.807, 2.05) is 0 Å². The lowest BCUT2D eigenvalue weighted by Gasteiger charge is -2.06. The van der Waals surface area contributed by atoms with Gasteiger partial charge in [0.15, 0.2) is 5.76 Å². The van der Waals surface area contributed by atoms with Crippen LogP contribution in [0.2, 0.25) is 10.0 Å². The summed E-state index contributed by atoms with van der Waals surface area (Å²) in [5.41, 5.74) is -0.104. The summed E-state index contributed by atoms with van der Waals surface area (Å²) in [6.45, 7) is 0. The van der Waals surface area contributed by atoms with Crippen molar-refractivity contribution in [2.75, 3.05) is 5.32 Å². The standard InChI is InChI=1S/C16H9Cl2NO3/c17-12-6-5-10(8-13(12)18)19-15(20)14-7-9-3-1-2-4-11(9)16(21)22-14/h1-8H,(H,19,20).